The minimum Gasteiger partial charge on any atom is -0.348 e. The quantitative estimate of drug-likeness (QED) is 0.737. The van der Waals surface area contributed by atoms with E-state index >= 15 is 0 Å². The Morgan fingerprint density at radius 3 is 1.96 bits per heavy atom. The molecule has 0 N–H and O–H groups in total. The molecule has 0 unspecified atom stereocenters. The number of piperazine rings is 1. The van der Waals surface area contributed by atoms with Crippen LogP contribution in [0.5, 0.6) is 0 Å². The van der Waals surface area contributed by atoms with Crippen molar-refractivity contribution in [1.82, 2.24) is 14.7 Å². The molecule has 0 aromatic rings. The van der Waals surface area contributed by atoms with Crippen LogP contribution in [0.1, 0.15) is 40.0 Å². The fourth-order valence-electron chi connectivity index (χ4n) is 4.47. The lowest BCUT2D eigenvalue weighted by atomic mass is 9.89. The Labute approximate surface area is 148 Å². The highest BCUT2D eigenvalue weighted by atomic mass is 16.7. The van der Waals surface area contributed by atoms with E-state index in [1.54, 1.807) is 0 Å². The highest BCUT2D eigenvalue weighted by Gasteiger charge is 2.41. The van der Waals surface area contributed by atoms with Crippen LogP contribution >= 0.6 is 0 Å². The van der Waals surface area contributed by atoms with Crippen LogP contribution in [0.25, 0.3) is 0 Å². The van der Waals surface area contributed by atoms with Crippen molar-refractivity contribution in [2.45, 2.75) is 51.9 Å². The van der Waals surface area contributed by atoms with Gasteiger partial charge in [-0.3, -0.25) is 4.90 Å². The largest absolute Gasteiger partial charge is 0.348 e. The molecule has 3 saturated heterocycles. The SMILES string of the molecule is CC(C)N1CCN(CCCN2CCC(C3(C)OCCO3)CC2)CC1. The van der Waals surface area contributed by atoms with Gasteiger partial charge >= 0.3 is 0 Å². The van der Waals surface area contributed by atoms with Gasteiger partial charge in [-0.05, 0) is 66.2 Å². The van der Waals surface area contributed by atoms with Gasteiger partial charge < -0.3 is 19.3 Å². The van der Waals surface area contributed by atoms with Crippen molar-refractivity contribution in [1.29, 1.82) is 0 Å². The van der Waals surface area contributed by atoms with E-state index in [0.29, 0.717) is 12.0 Å². The Hall–Kier alpha value is -0.200. The van der Waals surface area contributed by atoms with Gasteiger partial charge in [0.1, 0.15) is 0 Å². The molecular formula is C19H37N3O2. The maximum absolute atomic E-state index is 5.85. The van der Waals surface area contributed by atoms with E-state index in [0.717, 1.165) is 13.2 Å². The zero-order valence-corrected chi connectivity index (χ0v) is 16.0. The molecule has 140 valence electrons. The Bertz CT molecular complexity index is 369. The van der Waals surface area contributed by atoms with Crippen molar-refractivity contribution in [2.24, 2.45) is 5.92 Å². The number of piperidine rings is 1. The molecule has 3 fully saturated rings. The van der Waals surface area contributed by atoms with Gasteiger partial charge in [-0.15, -0.1) is 0 Å². The zero-order chi connectivity index (χ0) is 17.0. The third kappa shape index (κ3) is 4.70. The summed E-state index contributed by atoms with van der Waals surface area (Å²) in [7, 11) is 0. The van der Waals surface area contributed by atoms with Crippen molar-refractivity contribution in [3.8, 4) is 0 Å². The average molecular weight is 340 g/mol. The minimum atomic E-state index is -0.303. The average Bonchev–Trinajstić information content (AvgIpc) is 3.04. The molecule has 3 rings (SSSR count). The molecule has 0 radical (unpaired) electrons. The van der Waals surface area contributed by atoms with Crippen LogP contribution in [0, 0.1) is 5.92 Å². The van der Waals surface area contributed by atoms with E-state index in [9.17, 15) is 0 Å². The Morgan fingerprint density at radius 1 is 0.875 bits per heavy atom. The van der Waals surface area contributed by atoms with Crippen LogP contribution in [0.3, 0.4) is 0 Å². The van der Waals surface area contributed by atoms with E-state index in [1.807, 2.05) is 0 Å². The molecule has 5 nitrogen and oxygen atoms in total. The van der Waals surface area contributed by atoms with Crippen LogP contribution in [0.4, 0.5) is 0 Å². The number of rotatable bonds is 6. The van der Waals surface area contributed by atoms with Gasteiger partial charge in [-0.2, -0.15) is 0 Å². The molecule has 0 bridgehead atoms. The predicted octanol–water partition coefficient (Wildman–Crippen LogP) is 1.88. The first-order chi connectivity index (χ1) is 11.6. The predicted molar refractivity (Wildman–Crippen MR) is 97.2 cm³/mol. The summed E-state index contributed by atoms with van der Waals surface area (Å²) in [6, 6.07) is 0.697. The highest BCUT2D eigenvalue weighted by Crippen LogP contribution is 2.34. The summed E-state index contributed by atoms with van der Waals surface area (Å²) in [6.07, 6.45) is 3.73. The van der Waals surface area contributed by atoms with Crippen LogP contribution in [-0.2, 0) is 9.47 Å². The molecule has 0 amide bonds. The van der Waals surface area contributed by atoms with Gasteiger partial charge in [0.15, 0.2) is 5.79 Å². The first-order valence-corrected chi connectivity index (χ1v) is 10.0. The van der Waals surface area contributed by atoms with Crippen LogP contribution in [0.15, 0.2) is 0 Å². The fraction of sp³-hybridized carbons (Fsp3) is 1.00. The zero-order valence-electron chi connectivity index (χ0n) is 16.0. The third-order valence-corrected chi connectivity index (χ3v) is 6.28. The molecule has 0 aliphatic carbocycles. The standard InChI is InChI=1S/C19H37N3O2/c1-17(2)22-13-11-21(12-14-22)8-4-7-20-9-5-18(6-10-20)19(3)23-15-16-24-19/h17-18H,4-16H2,1-3H3. The lowest BCUT2D eigenvalue weighted by Crippen LogP contribution is -2.49. The molecular weight excluding hydrogens is 302 g/mol. The summed E-state index contributed by atoms with van der Waals surface area (Å²) in [5.41, 5.74) is 0. The second-order valence-electron chi connectivity index (χ2n) is 8.15. The van der Waals surface area contributed by atoms with E-state index < -0.39 is 0 Å². The lowest BCUT2D eigenvalue weighted by molar-refractivity contribution is -0.190. The summed E-state index contributed by atoms with van der Waals surface area (Å²) in [5, 5.41) is 0. The van der Waals surface area contributed by atoms with Crippen molar-refractivity contribution in [3.63, 3.8) is 0 Å². The van der Waals surface area contributed by atoms with Crippen LogP contribution in [-0.4, -0.2) is 92.1 Å². The molecule has 24 heavy (non-hydrogen) atoms. The van der Waals surface area contributed by atoms with Gasteiger partial charge in [0, 0.05) is 38.1 Å². The van der Waals surface area contributed by atoms with Gasteiger partial charge in [-0.25, -0.2) is 0 Å². The summed E-state index contributed by atoms with van der Waals surface area (Å²) in [5.74, 6) is 0.266. The van der Waals surface area contributed by atoms with Gasteiger partial charge in [0.05, 0.1) is 13.2 Å². The van der Waals surface area contributed by atoms with E-state index in [2.05, 4.69) is 35.5 Å². The number of hydrogen-bond donors (Lipinski definition) is 0. The van der Waals surface area contributed by atoms with Crippen molar-refractivity contribution < 1.29 is 9.47 Å². The first kappa shape index (κ1) is 18.6. The number of hydrogen-bond acceptors (Lipinski definition) is 5. The maximum Gasteiger partial charge on any atom is 0.168 e. The third-order valence-electron chi connectivity index (χ3n) is 6.28. The molecule has 5 heteroatoms. The van der Waals surface area contributed by atoms with E-state index in [4.69, 9.17) is 9.47 Å². The maximum atomic E-state index is 5.85. The molecule has 0 aromatic heterocycles. The number of ether oxygens (including phenoxy) is 2. The van der Waals surface area contributed by atoms with Gasteiger partial charge in [0.2, 0.25) is 0 Å². The van der Waals surface area contributed by atoms with Gasteiger partial charge in [-0.1, -0.05) is 0 Å². The summed E-state index contributed by atoms with van der Waals surface area (Å²) < 4.78 is 11.7. The van der Waals surface area contributed by atoms with Crippen LogP contribution < -0.4 is 0 Å². The normalized spacial score (nSPS) is 28.0. The Kier molecular flexibility index (Phi) is 6.55. The monoisotopic (exact) mass is 339 g/mol. The second kappa shape index (κ2) is 8.45. The number of likely N-dealkylation sites (tertiary alicyclic amines) is 1. The summed E-state index contributed by atoms with van der Waals surface area (Å²) in [4.78, 5) is 7.88. The topological polar surface area (TPSA) is 28.2 Å². The van der Waals surface area contributed by atoms with Gasteiger partial charge in [0.25, 0.3) is 0 Å². The van der Waals surface area contributed by atoms with E-state index in [-0.39, 0.29) is 5.79 Å². The minimum absolute atomic E-state index is 0.303. The fourth-order valence-corrected chi connectivity index (χ4v) is 4.47. The Morgan fingerprint density at radius 2 is 1.42 bits per heavy atom. The smallest absolute Gasteiger partial charge is 0.168 e. The highest BCUT2D eigenvalue weighted by molar-refractivity contribution is 4.84. The van der Waals surface area contributed by atoms with Crippen LogP contribution in [0.2, 0.25) is 0 Å². The van der Waals surface area contributed by atoms with E-state index in [1.165, 1.54) is 71.6 Å². The van der Waals surface area contributed by atoms with Crippen molar-refractivity contribution in [3.05, 3.63) is 0 Å². The molecule has 3 heterocycles. The molecule has 0 spiro atoms. The van der Waals surface area contributed by atoms with Crippen molar-refractivity contribution in [2.75, 3.05) is 65.6 Å². The molecule has 0 saturated carbocycles. The first-order valence-electron chi connectivity index (χ1n) is 10.0. The second-order valence-corrected chi connectivity index (χ2v) is 8.15. The Balaban J connectivity index is 1.29. The molecule has 3 aliphatic heterocycles. The lowest BCUT2D eigenvalue weighted by Gasteiger charge is -2.39. The summed E-state index contributed by atoms with van der Waals surface area (Å²) in [6.45, 7) is 18.2. The summed E-state index contributed by atoms with van der Waals surface area (Å²) >= 11 is 0. The molecule has 0 atom stereocenters. The number of nitrogens with zero attached hydrogens (tertiary/aromatic N) is 3. The molecule has 3 aliphatic rings. The van der Waals surface area contributed by atoms with Crippen molar-refractivity contribution >= 4 is 0 Å². The molecule has 0 aromatic carbocycles.